The molecule has 78 valence electrons. The van der Waals surface area contributed by atoms with Gasteiger partial charge in [-0.25, -0.2) is 0 Å². The molecule has 1 fully saturated rings. The van der Waals surface area contributed by atoms with Crippen molar-refractivity contribution in [1.29, 1.82) is 0 Å². The van der Waals surface area contributed by atoms with E-state index < -0.39 is 0 Å². The van der Waals surface area contributed by atoms with Crippen molar-refractivity contribution in [3.05, 3.63) is 16.7 Å². The molecule has 0 amide bonds. The van der Waals surface area contributed by atoms with Crippen LogP contribution < -0.4 is 0 Å². The highest BCUT2D eigenvalue weighted by Crippen LogP contribution is 2.45. The van der Waals surface area contributed by atoms with Gasteiger partial charge in [0.15, 0.2) is 4.77 Å². The molecule has 0 spiro atoms. The van der Waals surface area contributed by atoms with Gasteiger partial charge in [0.25, 0.3) is 0 Å². The second kappa shape index (κ2) is 3.54. The summed E-state index contributed by atoms with van der Waals surface area (Å²) in [5, 5.41) is 0. The lowest BCUT2D eigenvalue weighted by molar-refractivity contribution is 0.0989. The number of hydrogen-bond donors (Lipinski definition) is 1. The summed E-state index contributed by atoms with van der Waals surface area (Å²) >= 11 is 5.27. The van der Waals surface area contributed by atoms with Crippen LogP contribution in [0.15, 0.2) is 6.20 Å². The molecule has 1 aromatic rings. The average molecular weight is 210 g/mol. The summed E-state index contributed by atoms with van der Waals surface area (Å²) in [5.74, 6) is 0. The van der Waals surface area contributed by atoms with E-state index in [1.165, 1.54) is 31.4 Å². The van der Waals surface area contributed by atoms with Gasteiger partial charge in [-0.15, -0.1) is 0 Å². The first-order valence-electron chi connectivity index (χ1n) is 5.42. The van der Waals surface area contributed by atoms with Gasteiger partial charge in [0.05, 0.1) is 0 Å². The standard InChI is InChI=1S/C11H18N2S/c1-3-11(5-4-6-11)8-13-9(2)7-12-10(13)14/h7H,3-6,8H2,1-2H3,(H,12,14). The van der Waals surface area contributed by atoms with Crippen LogP contribution in [0.4, 0.5) is 0 Å². The Kier molecular flexibility index (Phi) is 2.52. The van der Waals surface area contributed by atoms with E-state index in [9.17, 15) is 0 Å². The van der Waals surface area contributed by atoms with Gasteiger partial charge >= 0.3 is 0 Å². The number of aromatic nitrogens is 2. The van der Waals surface area contributed by atoms with Crippen molar-refractivity contribution in [3.63, 3.8) is 0 Å². The summed E-state index contributed by atoms with van der Waals surface area (Å²) in [7, 11) is 0. The van der Waals surface area contributed by atoms with Gasteiger partial charge < -0.3 is 9.55 Å². The van der Waals surface area contributed by atoms with Crippen molar-refractivity contribution in [3.8, 4) is 0 Å². The molecule has 0 aromatic carbocycles. The lowest BCUT2D eigenvalue weighted by Gasteiger charge is -2.41. The van der Waals surface area contributed by atoms with Crippen LogP contribution in [0.25, 0.3) is 0 Å². The zero-order chi connectivity index (χ0) is 10.2. The smallest absolute Gasteiger partial charge is 0.177 e. The van der Waals surface area contributed by atoms with E-state index in [1.54, 1.807) is 0 Å². The number of hydrogen-bond acceptors (Lipinski definition) is 1. The third-order valence-corrected chi connectivity index (χ3v) is 4.07. The van der Waals surface area contributed by atoms with Crippen molar-refractivity contribution < 1.29 is 0 Å². The minimum atomic E-state index is 0.547. The Labute approximate surface area is 90.3 Å². The van der Waals surface area contributed by atoms with Gasteiger partial charge in [0.2, 0.25) is 0 Å². The normalized spacial score (nSPS) is 19.3. The molecule has 0 atom stereocenters. The summed E-state index contributed by atoms with van der Waals surface area (Å²) in [6.07, 6.45) is 7.42. The topological polar surface area (TPSA) is 20.7 Å². The van der Waals surface area contributed by atoms with Crippen molar-refractivity contribution in [2.24, 2.45) is 5.41 Å². The van der Waals surface area contributed by atoms with E-state index in [1.807, 2.05) is 6.20 Å². The maximum Gasteiger partial charge on any atom is 0.177 e. The number of H-pyrrole nitrogens is 1. The quantitative estimate of drug-likeness (QED) is 0.758. The number of nitrogens with zero attached hydrogens (tertiary/aromatic N) is 1. The molecule has 1 heterocycles. The average Bonchev–Trinajstić information content (AvgIpc) is 2.41. The first-order chi connectivity index (χ1) is 6.67. The van der Waals surface area contributed by atoms with E-state index in [0.29, 0.717) is 5.41 Å². The summed E-state index contributed by atoms with van der Waals surface area (Å²) in [4.78, 5) is 3.11. The van der Waals surface area contributed by atoms with Crippen molar-refractivity contribution >= 4 is 12.2 Å². The highest BCUT2D eigenvalue weighted by atomic mass is 32.1. The second-order valence-electron chi connectivity index (χ2n) is 4.53. The van der Waals surface area contributed by atoms with E-state index in [-0.39, 0.29) is 0 Å². The van der Waals surface area contributed by atoms with Crippen LogP contribution >= 0.6 is 12.2 Å². The molecule has 0 unspecified atom stereocenters. The van der Waals surface area contributed by atoms with Gasteiger partial charge in [-0.2, -0.15) is 0 Å². The summed E-state index contributed by atoms with van der Waals surface area (Å²) < 4.78 is 3.13. The zero-order valence-corrected chi connectivity index (χ0v) is 9.78. The van der Waals surface area contributed by atoms with Crippen LogP contribution in [-0.4, -0.2) is 9.55 Å². The third kappa shape index (κ3) is 1.54. The molecule has 1 aliphatic carbocycles. The number of nitrogens with one attached hydrogen (secondary N) is 1. The second-order valence-corrected chi connectivity index (χ2v) is 4.92. The Morgan fingerprint density at radius 1 is 1.57 bits per heavy atom. The first kappa shape index (κ1) is 9.97. The summed E-state index contributed by atoms with van der Waals surface area (Å²) in [5.41, 5.74) is 1.81. The predicted octanol–water partition coefficient (Wildman–Crippen LogP) is 3.43. The van der Waals surface area contributed by atoms with Crippen LogP contribution in [0.5, 0.6) is 0 Å². The monoisotopic (exact) mass is 210 g/mol. The summed E-state index contributed by atoms with van der Waals surface area (Å²) in [6, 6.07) is 0. The molecule has 1 aliphatic rings. The van der Waals surface area contributed by atoms with Crippen LogP contribution in [0.1, 0.15) is 38.3 Å². The van der Waals surface area contributed by atoms with Gasteiger partial charge in [-0.1, -0.05) is 13.3 Å². The summed E-state index contributed by atoms with van der Waals surface area (Å²) in [6.45, 7) is 5.52. The van der Waals surface area contributed by atoms with Crippen molar-refractivity contribution in [2.75, 3.05) is 0 Å². The number of aryl methyl sites for hydroxylation is 1. The molecule has 2 rings (SSSR count). The Bertz CT molecular complexity index is 365. The Balaban J connectivity index is 2.21. The lowest BCUT2D eigenvalue weighted by Crippen LogP contribution is -2.33. The lowest BCUT2D eigenvalue weighted by atomic mass is 9.67. The van der Waals surface area contributed by atoms with Gasteiger partial charge in [0, 0.05) is 18.4 Å². The third-order valence-electron chi connectivity index (χ3n) is 3.73. The Hall–Kier alpha value is -0.570. The van der Waals surface area contributed by atoms with Gasteiger partial charge in [-0.05, 0) is 43.8 Å². The molecule has 1 N–H and O–H groups in total. The SMILES string of the molecule is CCC1(Cn2c(C)c[nH]c2=S)CCC1. The minimum absolute atomic E-state index is 0.547. The molecule has 2 nitrogen and oxygen atoms in total. The van der Waals surface area contributed by atoms with E-state index in [0.717, 1.165) is 11.3 Å². The van der Waals surface area contributed by atoms with Gasteiger partial charge in [0.1, 0.15) is 0 Å². The maximum absolute atomic E-state index is 5.27. The first-order valence-corrected chi connectivity index (χ1v) is 5.82. The van der Waals surface area contributed by atoms with E-state index >= 15 is 0 Å². The highest BCUT2D eigenvalue weighted by molar-refractivity contribution is 7.71. The molecule has 0 bridgehead atoms. The maximum atomic E-state index is 5.27. The number of aromatic amines is 1. The van der Waals surface area contributed by atoms with Crippen LogP contribution in [0.2, 0.25) is 0 Å². The molecular weight excluding hydrogens is 192 g/mol. The predicted molar refractivity (Wildman–Crippen MR) is 60.9 cm³/mol. The Morgan fingerprint density at radius 3 is 2.64 bits per heavy atom. The largest absolute Gasteiger partial charge is 0.337 e. The van der Waals surface area contributed by atoms with Crippen LogP contribution in [0, 0.1) is 17.1 Å². The molecule has 0 aliphatic heterocycles. The van der Waals surface area contributed by atoms with Crippen LogP contribution in [0.3, 0.4) is 0 Å². The fraction of sp³-hybridized carbons (Fsp3) is 0.727. The Morgan fingerprint density at radius 2 is 2.29 bits per heavy atom. The highest BCUT2D eigenvalue weighted by Gasteiger charge is 2.35. The fourth-order valence-electron chi connectivity index (χ4n) is 2.31. The van der Waals surface area contributed by atoms with E-state index in [2.05, 4.69) is 23.4 Å². The van der Waals surface area contributed by atoms with Crippen molar-refractivity contribution in [1.82, 2.24) is 9.55 Å². The molecule has 1 aromatic heterocycles. The zero-order valence-electron chi connectivity index (χ0n) is 8.97. The number of rotatable bonds is 3. The van der Waals surface area contributed by atoms with Gasteiger partial charge in [-0.3, -0.25) is 0 Å². The minimum Gasteiger partial charge on any atom is -0.337 e. The molecule has 0 saturated heterocycles. The molecule has 14 heavy (non-hydrogen) atoms. The molecular formula is C11H18N2S. The molecule has 3 heteroatoms. The number of imidazole rings is 1. The fourth-order valence-corrected chi connectivity index (χ4v) is 2.58. The van der Waals surface area contributed by atoms with Crippen LogP contribution in [-0.2, 0) is 6.54 Å². The molecule has 1 saturated carbocycles. The molecule has 0 radical (unpaired) electrons. The van der Waals surface area contributed by atoms with E-state index in [4.69, 9.17) is 12.2 Å². The van der Waals surface area contributed by atoms with Crippen molar-refractivity contribution in [2.45, 2.75) is 46.1 Å².